The minimum Gasteiger partial charge on any atom is -0.469 e. The first kappa shape index (κ1) is 13.6. The molecule has 0 fully saturated rings. The van der Waals surface area contributed by atoms with Gasteiger partial charge in [0.1, 0.15) is 5.82 Å². The lowest BCUT2D eigenvalue weighted by Crippen LogP contribution is -2.33. The van der Waals surface area contributed by atoms with E-state index in [1.807, 2.05) is 13.8 Å². The van der Waals surface area contributed by atoms with Crippen LogP contribution in [0.15, 0.2) is 24.3 Å². The number of benzene rings is 1. The lowest BCUT2D eigenvalue weighted by atomic mass is 9.85. The number of rotatable bonds is 4. The van der Waals surface area contributed by atoms with Gasteiger partial charge in [0.15, 0.2) is 0 Å². The average Bonchev–Trinajstić information content (AvgIpc) is 2.28. The fraction of sp³-hybridized carbons (Fsp3) is 0.462. The van der Waals surface area contributed by atoms with Crippen molar-refractivity contribution in [2.24, 2.45) is 17.6 Å². The van der Waals surface area contributed by atoms with Gasteiger partial charge in [0.25, 0.3) is 0 Å². The van der Waals surface area contributed by atoms with Crippen LogP contribution in [0.25, 0.3) is 0 Å². The third-order valence-corrected chi connectivity index (χ3v) is 2.84. The maximum absolute atomic E-state index is 13.6. The molecule has 0 aromatic heterocycles. The lowest BCUT2D eigenvalue weighted by molar-refractivity contribution is -0.148. The maximum atomic E-state index is 13.6. The second-order valence-electron chi connectivity index (χ2n) is 4.34. The summed E-state index contributed by atoms with van der Waals surface area (Å²) in [5.41, 5.74) is 6.32. The fourth-order valence-corrected chi connectivity index (χ4v) is 1.91. The Morgan fingerprint density at radius 3 is 2.41 bits per heavy atom. The Morgan fingerprint density at radius 2 is 1.94 bits per heavy atom. The molecule has 1 rings (SSSR count). The zero-order chi connectivity index (χ0) is 13.0. The van der Waals surface area contributed by atoms with E-state index in [1.165, 1.54) is 13.2 Å². The van der Waals surface area contributed by atoms with Gasteiger partial charge in [0.05, 0.1) is 13.0 Å². The summed E-state index contributed by atoms with van der Waals surface area (Å²) in [6.07, 6.45) is 0. The Bertz CT molecular complexity index is 393. The normalized spacial score (nSPS) is 14.5. The summed E-state index contributed by atoms with van der Waals surface area (Å²) in [5.74, 6) is -1.36. The molecule has 1 aromatic carbocycles. The molecule has 2 N–H and O–H groups in total. The first-order valence-corrected chi connectivity index (χ1v) is 5.56. The number of hydrogen-bond acceptors (Lipinski definition) is 3. The molecule has 2 unspecified atom stereocenters. The minimum atomic E-state index is -0.691. The molecule has 0 bridgehead atoms. The molecule has 0 heterocycles. The van der Waals surface area contributed by atoms with Gasteiger partial charge in [-0.15, -0.1) is 0 Å². The van der Waals surface area contributed by atoms with Crippen LogP contribution in [0.3, 0.4) is 0 Å². The van der Waals surface area contributed by atoms with Crippen molar-refractivity contribution in [3.63, 3.8) is 0 Å². The Balaban J connectivity index is 3.04. The molecule has 17 heavy (non-hydrogen) atoms. The fourth-order valence-electron chi connectivity index (χ4n) is 1.91. The van der Waals surface area contributed by atoms with E-state index in [0.717, 1.165) is 0 Å². The molecular weight excluding hydrogens is 221 g/mol. The number of methoxy groups -OCH3 is 1. The van der Waals surface area contributed by atoms with Crippen LogP contribution in [0.4, 0.5) is 4.39 Å². The predicted molar refractivity (Wildman–Crippen MR) is 63.7 cm³/mol. The van der Waals surface area contributed by atoms with Crippen molar-refractivity contribution >= 4 is 5.97 Å². The van der Waals surface area contributed by atoms with Crippen molar-refractivity contribution in [1.29, 1.82) is 0 Å². The Morgan fingerprint density at radius 1 is 1.35 bits per heavy atom. The van der Waals surface area contributed by atoms with Gasteiger partial charge in [0, 0.05) is 11.6 Å². The second-order valence-corrected chi connectivity index (χ2v) is 4.34. The molecule has 1 aromatic rings. The second kappa shape index (κ2) is 5.77. The van der Waals surface area contributed by atoms with E-state index in [0.29, 0.717) is 5.56 Å². The Hall–Kier alpha value is -1.42. The van der Waals surface area contributed by atoms with Crippen LogP contribution in [-0.2, 0) is 9.53 Å². The molecule has 4 heteroatoms. The summed E-state index contributed by atoms with van der Waals surface area (Å²) in [4.78, 5) is 11.7. The van der Waals surface area contributed by atoms with Crippen molar-refractivity contribution in [3.8, 4) is 0 Å². The van der Waals surface area contributed by atoms with Crippen molar-refractivity contribution in [2.45, 2.75) is 19.9 Å². The van der Waals surface area contributed by atoms with Crippen molar-refractivity contribution in [2.75, 3.05) is 7.11 Å². The van der Waals surface area contributed by atoms with E-state index in [-0.39, 0.29) is 5.92 Å². The number of esters is 1. The smallest absolute Gasteiger partial charge is 0.310 e. The Kier molecular flexibility index (Phi) is 4.63. The van der Waals surface area contributed by atoms with Crippen molar-refractivity contribution < 1.29 is 13.9 Å². The van der Waals surface area contributed by atoms with E-state index in [4.69, 9.17) is 10.5 Å². The summed E-state index contributed by atoms with van der Waals surface area (Å²) >= 11 is 0. The highest BCUT2D eigenvalue weighted by Gasteiger charge is 2.31. The molecule has 3 nitrogen and oxygen atoms in total. The maximum Gasteiger partial charge on any atom is 0.310 e. The Labute approximate surface area is 101 Å². The zero-order valence-electron chi connectivity index (χ0n) is 10.3. The zero-order valence-corrected chi connectivity index (χ0v) is 10.3. The minimum absolute atomic E-state index is 0.0166. The van der Waals surface area contributed by atoms with E-state index in [2.05, 4.69) is 0 Å². The standard InChI is InChI=1S/C13H18FNO2/c1-8(2)11(13(16)17-3)12(15)9-6-4-5-7-10(9)14/h4-8,11-12H,15H2,1-3H3. The van der Waals surface area contributed by atoms with Crippen LogP contribution in [0.2, 0.25) is 0 Å². The van der Waals surface area contributed by atoms with Gasteiger partial charge in [-0.25, -0.2) is 4.39 Å². The summed E-state index contributed by atoms with van der Waals surface area (Å²) in [7, 11) is 1.31. The van der Waals surface area contributed by atoms with E-state index >= 15 is 0 Å². The van der Waals surface area contributed by atoms with Crippen LogP contribution in [-0.4, -0.2) is 13.1 Å². The molecule has 0 spiro atoms. The number of ether oxygens (including phenoxy) is 1. The van der Waals surface area contributed by atoms with Gasteiger partial charge < -0.3 is 10.5 Å². The van der Waals surface area contributed by atoms with E-state index in [1.54, 1.807) is 18.2 Å². The van der Waals surface area contributed by atoms with E-state index < -0.39 is 23.7 Å². The summed E-state index contributed by atoms with van der Waals surface area (Å²) in [6.45, 7) is 3.73. The molecular formula is C13H18FNO2. The summed E-state index contributed by atoms with van der Waals surface area (Å²) in [6, 6.07) is 5.53. The van der Waals surface area contributed by atoms with Gasteiger partial charge in [-0.05, 0) is 12.0 Å². The van der Waals surface area contributed by atoms with Crippen molar-refractivity contribution in [1.82, 2.24) is 0 Å². The number of halogens is 1. The van der Waals surface area contributed by atoms with Crippen molar-refractivity contribution in [3.05, 3.63) is 35.6 Å². The average molecular weight is 239 g/mol. The van der Waals surface area contributed by atoms with Gasteiger partial charge in [0.2, 0.25) is 0 Å². The van der Waals surface area contributed by atoms with E-state index in [9.17, 15) is 9.18 Å². The third kappa shape index (κ3) is 3.03. The number of hydrogen-bond donors (Lipinski definition) is 1. The van der Waals surface area contributed by atoms with Crippen LogP contribution < -0.4 is 5.73 Å². The molecule has 0 amide bonds. The first-order chi connectivity index (χ1) is 7.99. The van der Waals surface area contributed by atoms with Gasteiger partial charge in [-0.3, -0.25) is 4.79 Å². The molecule has 0 saturated heterocycles. The summed E-state index contributed by atoms with van der Waals surface area (Å²) in [5, 5.41) is 0. The van der Waals surface area contributed by atoms with Gasteiger partial charge >= 0.3 is 5.97 Å². The molecule has 0 radical (unpaired) electrons. The number of nitrogens with two attached hydrogens (primary N) is 1. The molecule has 0 saturated carbocycles. The van der Waals surface area contributed by atoms with Crippen LogP contribution in [0, 0.1) is 17.7 Å². The highest BCUT2D eigenvalue weighted by molar-refractivity contribution is 5.73. The lowest BCUT2D eigenvalue weighted by Gasteiger charge is -2.25. The SMILES string of the molecule is COC(=O)C(C(C)C)C(N)c1ccccc1F. The summed E-state index contributed by atoms with van der Waals surface area (Å²) < 4.78 is 18.3. The largest absolute Gasteiger partial charge is 0.469 e. The molecule has 0 aliphatic heterocycles. The molecule has 0 aliphatic carbocycles. The predicted octanol–water partition coefficient (Wildman–Crippen LogP) is 2.27. The van der Waals surface area contributed by atoms with Crippen LogP contribution in [0.1, 0.15) is 25.5 Å². The number of carbonyl (C=O) groups is 1. The first-order valence-electron chi connectivity index (χ1n) is 5.56. The molecule has 0 aliphatic rings. The van der Waals surface area contributed by atoms with Gasteiger partial charge in [-0.1, -0.05) is 32.0 Å². The van der Waals surface area contributed by atoms with Gasteiger partial charge in [-0.2, -0.15) is 0 Å². The van der Waals surface area contributed by atoms with Crippen LogP contribution >= 0.6 is 0 Å². The molecule has 2 atom stereocenters. The number of carbonyl (C=O) groups excluding carboxylic acids is 1. The quantitative estimate of drug-likeness (QED) is 0.820. The van der Waals surface area contributed by atoms with Crippen LogP contribution in [0.5, 0.6) is 0 Å². The highest BCUT2D eigenvalue weighted by atomic mass is 19.1. The monoisotopic (exact) mass is 239 g/mol. The topological polar surface area (TPSA) is 52.3 Å². The molecule has 94 valence electrons. The third-order valence-electron chi connectivity index (χ3n) is 2.84. The highest BCUT2D eigenvalue weighted by Crippen LogP contribution is 2.28.